The Balaban J connectivity index is 0.00000140. The topological polar surface area (TPSA) is 63.6 Å². The molecule has 1 amide bonds. The summed E-state index contributed by atoms with van der Waals surface area (Å²) < 4.78 is 2.08. The summed E-state index contributed by atoms with van der Waals surface area (Å²) in [5.41, 5.74) is 8.71. The highest BCUT2D eigenvalue weighted by molar-refractivity contribution is 5.85. The minimum atomic E-state index is -0.160. The Morgan fingerprint density at radius 3 is 2.36 bits per heavy atom. The maximum absolute atomic E-state index is 12.2. The zero-order valence-corrected chi connectivity index (χ0v) is 17.3. The van der Waals surface area contributed by atoms with Gasteiger partial charge in [-0.3, -0.25) is 4.79 Å². The van der Waals surface area contributed by atoms with Gasteiger partial charge in [0.1, 0.15) is 5.65 Å². The van der Waals surface area contributed by atoms with E-state index in [4.69, 9.17) is 10.7 Å². The van der Waals surface area contributed by atoms with Crippen LogP contribution in [0.5, 0.6) is 0 Å². The molecule has 1 saturated heterocycles. The molecule has 0 unspecified atom stereocenters. The molecule has 0 radical (unpaired) electrons. The molecular weight excluding hydrogens is 395 g/mol. The number of aromatic nitrogens is 2. The maximum atomic E-state index is 12.2. The van der Waals surface area contributed by atoms with Gasteiger partial charge in [-0.2, -0.15) is 0 Å². The summed E-state index contributed by atoms with van der Waals surface area (Å²) in [6.45, 7) is 1.88. The summed E-state index contributed by atoms with van der Waals surface area (Å²) in [4.78, 5) is 19.1. The molecule has 0 atom stereocenters. The largest absolute Gasteiger partial charge is 0.343 e. The first-order valence-electron chi connectivity index (χ1n) is 9.20. The second kappa shape index (κ2) is 9.41. The molecule has 0 spiro atoms. The van der Waals surface area contributed by atoms with Crippen LogP contribution in [-0.4, -0.2) is 39.8 Å². The Bertz CT molecular complexity index is 872. The van der Waals surface area contributed by atoms with E-state index in [0.717, 1.165) is 37.3 Å². The predicted octanol–water partition coefficient (Wildman–Crippen LogP) is 3.44. The van der Waals surface area contributed by atoms with Crippen molar-refractivity contribution in [1.29, 1.82) is 0 Å². The van der Waals surface area contributed by atoms with Crippen LogP contribution in [0.2, 0.25) is 0 Å². The molecule has 2 N–H and O–H groups in total. The highest BCUT2D eigenvalue weighted by Gasteiger charge is 2.40. The fraction of sp³-hybridized carbons (Fsp3) is 0.333. The van der Waals surface area contributed by atoms with Gasteiger partial charge in [-0.05, 0) is 30.5 Å². The molecule has 4 rings (SSSR count). The Hall–Kier alpha value is -2.08. The first-order valence-corrected chi connectivity index (χ1v) is 9.20. The molecular formula is C21H26Cl2N4O. The Labute approximate surface area is 177 Å². The van der Waals surface area contributed by atoms with Crippen molar-refractivity contribution < 1.29 is 4.79 Å². The summed E-state index contributed by atoms with van der Waals surface area (Å²) in [5.74, 6) is 0.157. The van der Waals surface area contributed by atoms with Gasteiger partial charge in [0.2, 0.25) is 5.91 Å². The van der Waals surface area contributed by atoms with Crippen LogP contribution in [0.1, 0.15) is 30.5 Å². The lowest BCUT2D eigenvalue weighted by atomic mass is 9.70. The number of imidazole rings is 1. The fourth-order valence-electron chi connectivity index (χ4n) is 4.03. The molecule has 3 heterocycles. The van der Waals surface area contributed by atoms with Crippen molar-refractivity contribution in [2.75, 3.05) is 19.6 Å². The Kier molecular flexibility index (Phi) is 7.47. The number of rotatable bonds is 4. The van der Waals surface area contributed by atoms with E-state index >= 15 is 0 Å². The number of carbonyl (C=O) groups is 1. The molecule has 0 saturated carbocycles. The Morgan fingerprint density at radius 2 is 1.71 bits per heavy atom. The van der Waals surface area contributed by atoms with E-state index in [-0.39, 0.29) is 36.1 Å². The number of amides is 1. The van der Waals surface area contributed by atoms with Gasteiger partial charge in [0, 0.05) is 43.9 Å². The molecule has 28 heavy (non-hydrogen) atoms. The third kappa shape index (κ3) is 4.02. The van der Waals surface area contributed by atoms with Crippen LogP contribution in [0.25, 0.3) is 5.65 Å². The summed E-state index contributed by atoms with van der Waals surface area (Å²) >= 11 is 0. The molecule has 1 aliphatic heterocycles. The van der Waals surface area contributed by atoms with E-state index in [9.17, 15) is 4.79 Å². The van der Waals surface area contributed by atoms with Crippen LogP contribution in [0.3, 0.4) is 0 Å². The molecule has 150 valence electrons. The third-order valence-electron chi connectivity index (χ3n) is 5.51. The number of piperidine rings is 1. The van der Waals surface area contributed by atoms with Crippen molar-refractivity contribution in [3.8, 4) is 0 Å². The van der Waals surface area contributed by atoms with Gasteiger partial charge in [-0.15, -0.1) is 24.8 Å². The summed E-state index contributed by atoms with van der Waals surface area (Å²) in [6, 6.07) is 16.6. The van der Waals surface area contributed by atoms with Gasteiger partial charge in [0.15, 0.2) is 0 Å². The van der Waals surface area contributed by atoms with E-state index < -0.39 is 0 Å². The molecule has 3 aromatic rings. The van der Waals surface area contributed by atoms with Crippen LogP contribution < -0.4 is 5.73 Å². The zero-order chi connectivity index (χ0) is 18.0. The Morgan fingerprint density at radius 1 is 1.04 bits per heavy atom. The lowest BCUT2D eigenvalue weighted by Crippen LogP contribution is -2.46. The average molecular weight is 421 g/mol. The van der Waals surface area contributed by atoms with Crippen molar-refractivity contribution in [2.24, 2.45) is 5.73 Å². The number of fused-ring (bicyclic) bond motifs is 1. The van der Waals surface area contributed by atoms with E-state index in [0.29, 0.717) is 13.0 Å². The van der Waals surface area contributed by atoms with Crippen molar-refractivity contribution in [1.82, 2.24) is 14.3 Å². The fourth-order valence-corrected chi connectivity index (χ4v) is 4.03. The number of nitrogens with zero attached hydrogens (tertiary/aromatic N) is 3. The molecule has 7 heteroatoms. The normalized spacial score (nSPS) is 15.5. The van der Waals surface area contributed by atoms with Crippen LogP contribution in [-0.2, 0) is 10.2 Å². The summed E-state index contributed by atoms with van der Waals surface area (Å²) in [6.07, 6.45) is 6.34. The average Bonchev–Trinajstić information content (AvgIpc) is 3.14. The number of halogens is 2. The van der Waals surface area contributed by atoms with Crippen LogP contribution in [0, 0.1) is 0 Å². The third-order valence-corrected chi connectivity index (χ3v) is 5.51. The van der Waals surface area contributed by atoms with E-state index in [1.807, 2.05) is 35.4 Å². The first-order chi connectivity index (χ1) is 12.7. The number of pyridine rings is 1. The smallest absolute Gasteiger partial charge is 0.223 e. The molecule has 1 fully saturated rings. The molecule has 2 aromatic heterocycles. The first kappa shape index (κ1) is 22.2. The highest BCUT2D eigenvalue weighted by Crippen LogP contribution is 2.41. The molecule has 5 nitrogen and oxygen atoms in total. The van der Waals surface area contributed by atoms with Crippen molar-refractivity contribution >= 4 is 36.4 Å². The van der Waals surface area contributed by atoms with E-state index in [1.54, 1.807) is 0 Å². The van der Waals surface area contributed by atoms with E-state index in [2.05, 4.69) is 34.9 Å². The van der Waals surface area contributed by atoms with Crippen molar-refractivity contribution in [3.63, 3.8) is 0 Å². The SMILES string of the molecule is Cl.Cl.NCCC(=O)N1CCC(c2ccccc2)(c2cn3ccccc3n2)CC1. The van der Waals surface area contributed by atoms with Gasteiger partial charge in [-0.1, -0.05) is 36.4 Å². The minimum absolute atomic E-state index is 0. The molecule has 0 aliphatic carbocycles. The van der Waals surface area contributed by atoms with Crippen molar-refractivity contribution in [2.45, 2.75) is 24.7 Å². The summed E-state index contributed by atoms with van der Waals surface area (Å²) in [5, 5.41) is 0. The molecule has 1 aromatic carbocycles. The quantitative estimate of drug-likeness (QED) is 0.702. The van der Waals surface area contributed by atoms with Crippen LogP contribution >= 0.6 is 24.8 Å². The van der Waals surface area contributed by atoms with Crippen LogP contribution in [0.4, 0.5) is 0 Å². The second-order valence-electron chi connectivity index (χ2n) is 6.96. The zero-order valence-electron chi connectivity index (χ0n) is 15.7. The number of hydrogen-bond donors (Lipinski definition) is 1. The van der Waals surface area contributed by atoms with Gasteiger partial charge < -0.3 is 15.0 Å². The number of hydrogen-bond acceptors (Lipinski definition) is 3. The van der Waals surface area contributed by atoms with Crippen LogP contribution in [0.15, 0.2) is 60.9 Å². The molecule has 0 bridgehead atoms. The van der Waals surface area contributed by atoms with Gasteiger partial charge >= 0.3 is 0 Å². The number of carbonyl (C=O) groups excluding carboxylic acids is 1. The molecule has 1 aliphatic rings. The highest BCUT2D eigenvalue weighted by atomic mass is 35.5. The van der Waals surface area contributed by atoms with Crippen molar-refractivity contribution in [3.05, 3.63) is 72.2 Å². The number of likely N-dealkylation sites (tertiary alicyclic amines) is 1. The maximum Gasteiger partial charge on any atom is 0.223 e. The van der Waals surface area contributed by atoms with Gasteiger partial charge in [-0.25, -0.2) is 4.98 Å². The predicted molar refractivity (Wildman–Crippen MR) is 116 cm³/mol. The van der Waals surface area contributed by atoms with Gasteiger partial charge in [0.05, 0.1) is 5.69 Å². The summed E-state index contributed by atoms with van der Waals surface area (Å²) in [7, 11) is 0. The van der Waals surface area contributed by atoms with E-state index in [1.165, 1.54) is 5.56 Å². The van der Waals surface area contributed by atoms with Gasteiger partial charge in [0.25, 0.3) is 0 Å². The lowest BCUT2D eigenvalue weighted by molar-refractivity contribution is -0.132. The number of benzene rings is 1. The monoisotopic (exact) mass is 420 g/mol. The standard InChI is InChI=1S/C21H24N4O.2ClH/c22-12-9-20(26)24-14-10-21(11-15-24,17-6-2-1-3-7-17)18-16-25-13-5-4-8-19(25)23-18;;/h1-8,13,16H,9-12,14-15,22H2;2*1H. The number of nitrogens with two attached hydrogens (primary N) is 1. The second-order valence-corrected chi connectivity index (χ2v) is 6.96. The lowest BCUT2D eigenvalue weighted by Gasteiger charge is -2.41. The minimum Gasteiger partial charge on any atom is -0.343 e.